The van der Waals surface area contributed by atoms with E-state index in [0.29, 0.717) is 47.6 Å². The van der Waals surface area contributed by atoms with Crippen molar-refractivity contribution in [3.63, 3.8) is 0 Å². The van der Waals surface area contributed by atoms with Crippen LogP contribution in [0.15, 0.2) is 77.6 Å². The Labute approximate surface area is 378 Å². The van der Waals surface area contributed by atoms with E-state index in [1.807, 2.05) is 0 Å². The second-order valence-corrected chi connectivity index (χ2v) is 18.0. The zero-order chi connectivity index (χ0) is 46.8. The molecule has 0 bridgehead atoms. The molecule has 1 fully saturated rings. The van der Waals surface area contributed by atoms with Crippen LogP contribution in [0.5, 0.6) is 5.75 Å². The number of carbonyl (C=O) groups excluding carboxylic acids is 6. The van der Waals surface area contributed by atoms with E-state index in [0.717, 1.165) is 17.7 Å². The van der Waals surface area contributed by atoms with Gasteiger partial charge in [-0.1, -0.05) is 29.8 Å². The summed E-state index contributed by atoms with van der Waals surface area (Å²) >= 11 is 0. The van der Waals surface area contributed by atoms with Crippen LogP contribution in [0, 0.1) is 5.82 Å². The van der Waals surface area contributed by atoms with Gasteiger partial charge in [-0.2, -0.15) is 9.35 Å². The smallest absolute Gasteiger partial charge is 0.264 e. The summed E-state index contributed by atoms with van der Waals surface area (Å²) in [5, 5.41) is 19.5. The van der Waals surface area contributed by atoms with Gasteiger partial charge in [-0.15, -0.1) is 5.10 Å². The molecule has 0 radical (unpaired) electrons. The molecule has 4 heterocycles. The van der Waals surface area contributed by atoms with Gasteiger partial charge >= 0.3 is 0 Å². The number of anilines is 3. The van der Waals surface area contributed by atoms with Crippen molar-refractivity contribution in [1.29, 1.82) is 0 Å². The molecule has 2 atom stereocenters. The molecule has 344 valence electrons. The minimum absolute atomic E-state index is 0.00478. The van der Waals surface area contributed by atoms with Crippen molar-refractivity contribution in [2.24, 2.45) is 4.36 Å². The van der Waals surface area contributed by atoms with Gasteiger partial charge in [0.05, 0.1) is 45.0 Å². The van der Waals surface area contributed by atoms with Crippen LogP contribution in [0.2, 0.25) is 0 Å². The summed E-state index contributed by atoms with van der Waals surface area (Å²) in [5.41, 5.74) is 3.07. The second-order valence-electron chi connectivity index (χ2n) is 15.6. The van der Waals surface area contributed by atoms with Crippen LogP contribution in [0.3, 0.4) is 0 Å². The summed E-state index contributed by atoms with van der Waals surface area (Å²) in [6, 6.07) is 14.8. The molecule has 2 aliphatic heterocycles. The molecule has 2 unspecified atom stereocenters. The Morgan fingerprint density at radius 2 is 1.80 bits per heavy atom. The number of imide groups is 2. The van der Waals surface area contributed by atoms with Gasteiger partial charge in [-0.3, -0.25) is 43.7 Å². The largest absolute Gasteiger partial charge is 0.496 e. The first-order valence-electron chi connectivity index (χ1n) is 21.1. The number of benzene rings is 3. The lowest BCUT2D eigenvalue weighted by molar-refractivity contribution is -0.136. The molecule has 0 spiro atoms. The molecular formula is C44H47FN12O8S. The van der Waals surface area contributed by atoms with Gasteiger partial charge in [0.2, 0.25) is 23.7 Å². The highest BCUT2D eigenvalue weighted by atomic mass is 32.2. The third kappa shape index (κ3) is 11.8. The number of halogens is 1. The third-order valence-corrected chi connectivity index (χ3v) is 12.1. The number of unbranched alkanes of at least 4 members (excludes halogenated alkanes) is 2. The van der Waals surface area contributed by atoms with Gasteiger partial charge in [0.15, 0.2) is 5.82 Å². The Bertz CT molecular complexity index is 2810. The highest BCUT2D eigenvalue weighted by Gasteiger charge is 2.45. The summed E-state index contributed by atoms with van der Waals surface area (Å²) in [4.78, 5) is 89.3. The number of aromatic nitrogens is 6. The normalized spacial score (nSPS) is 15.4. The molecule has 0 aliphatic carbocycles. The van der Waals surface area contributed by atoms with E-state index in [1.165, 1.54) is 44.0 Å². The van der Waals surface area contributed by atoms with Crippen LogP contribution in [0.4, 0.5) is 21.7 Å². The molecule has 3 aromatic carbocycles. The van der Waals surface area contributed by atoms with E-state index >= 15 is 0 Å². The number of nitrogens with one attached hydrogen (secondary N) is 4. The van der Waals surface area contributed by atoms with E-state index in [2.05, 4.69) is 50.9 Å². The number of amides is 6. The first kappa shape index (κ1) is 46.5. The molecule has 2 aliphatic rings. The molecule has 6 amide bonds. The molecule has 7 rings (SSSR count). The Kier molecular flexibility index (Phi) is 14.8. The van der Waals surface area contributed by atoms with E-state index in [9.17, 15) is 37.4 Å². The molecular weight excluding hydrogens is 876 g/mol. The summed E-state index contributed by atoms with van der Waals surface area (Å²) < 4.78 is 38.1. The molecule has 20 nitrogen and oxygen atoms in total. The zero-order valence-corrected chi connectivity index (χ0v) is 36.9. The zero-order valence-electron chi connectivity index (χ0n) is 36.1. The number of nitrogens with zero attached hydrogens (tertiary/aromatic N) is 8. The Balaban J connectivity index is 0.788. The Hall–Kier alpha value is -7.49. The number of aryl methyl sites for hydroxylation is 2. The first-order chi connectivity index (χ1) is 31.8. The fourth-order valence-corrected chi connectivity index (χ4v) is 8.87. The number of hydrogen-bond donors (Lipinski definition) is 4. The van der Waals surface area contributed by atoms with Gasteiger partial charge in [-0.05, 0) is 61.2 Å². The van der Waals surface area contributed by atoms with Gasteiger partial charge in [0.1, 0.15) is 23.9 Å². The Morgan fingerprint density at radius 1 is 0.970 bits per heavy atom. The van der Waals surface area contributed by atoms with Gasteiger partial charge in [-0.25, -0.2) is 18.6 Å². The van der Waals surface area contributed by atoms with E-state index in [-0.39, 0.29) is 79.1 Å². The van der Waals surface area contributed by atoms with Crippen LogP contribution in [0.25, 0.3) is 11.4 Å². The summed E-state index contributed by atoms with van der Waals surface area (Å²) in [5.74, 6) is -2.64. The second kappa shape index (κ2) is 21.0. The molecule has 66 heavy (non-hydrogen) atoms. The van der Waals surface area contributed by atoms with Gasteiger partial charge in [0, 0.05) is 75.2 Å². The number of fused-ring (bicyclic) bond motifs is 1. The molecule has 0 saturated carbocycles. The highest BCUT2D eigenvalue weighted by Crippen LogP contribution is 2.33. The van der Waals surface area contributed by atoms with Crippen molar-refractivity contribution in [3.05, 3.63) is 101 Å². The molecule has 4 N–H and O–H groups in total. The number of rotatable bonds is 20. The molecule has 22 heteroatoms. The predicted octanol–water partition coefficient (Wildman–Crippen LogP) is 3.97. The van der Waals surface area contributed by atoms with Crippen molar-refractivity contribution in [2.75, 3.05) is 37.1 Å². The minimum Gasteiger partial charge on any atom is -0.496 e. The lowest BCUT2D eigenvalue weighted by Crippen LogP contribution is -2.54. The lowest BCUT2D eigenvalue weighted by Gasteiger charge is -2.27. The number of hydrogen-bond acceptors (Lipinski definition) is 15. The van der Waals surface area contributed by atoms with Crippen molar-refractivity contribution in [2.45, 2.75) is 69.7 Å². The number of methoxy groups -OCH3 is 1. The molecule has 5 aromatic rings. The van der Waals surface area contributed by atoms with E-state index < -0.39 is 51.1 Å². The number of piperidine rings is 1. The van der Waals surface area contributed by atoms with Crippen LogP contribution in [-0.4, -0.2) is 107 Å². The maximum Gasteiger partial charge on any atom is 0.264 e. The van der Waals surface area contributed by atoms with Crippen LogP contribution in [0.1, 0.15) is 76.9 Å². The molecule has 1 saturated heterocycles. The average Bonchev–Trinajstić information content (AvgIpc) is 3.85. The van der Waals surface area contributed by atoms with Crippen molar-refractivity contribution in [1.82, 2.24) is 45.5 Å². The highest BCUT2D eigenvalue weighted by molar-refractivity contribution is 7.92. The van der Waals surface area contributed by atoms with Crippen LogP contribution >= 0.6 is 0 Å². The fraction of sp³-hybridized carbons (Fsp3) is 0.341. The third-order valence-electron chi connectivity index (χ3n) is 10.6. The SMILES string of the molecule is COc1cc(F)ccc1-c1ncnc(Nc2cccc(CS(C)(=O)=NC(=O)CCc3cn(CCCCCC(=O)NCCNc4cccc5c4C(=O)N(C4CCC(=O)NC4=O)C5=O)nn3)c2)n1. The maximum absolute atomic E-state index is 13.7. The fourth-order valence-electron chi connectivity index (χ4n) is 7.49. The quantitative estimate of drug-likeness (QED) is 0.0636. The predicted molar refractivity (Wildman–Crippen MR) is 238 cm³/mol. The van der Waals surface area contributed by atoms with E-state index in [1.54, 1.807) is 47.3 Å². The number of carbonyl (C=O) groups is 6. The van der Waals surface area contributed by atoms with Crippen molar-refractivity contribution >= 4 is 62.5 Å². The van der Waals surface area contributed by atoms with Crippen LogP contribution in [-0.2, 0) is 47.6 Å². The summed E-state index contributed by atoms with van der Waals surface area (Å²) in [6.07, 6.45) is 7.31. The van der Waals surface area contributed by atoms with Gasteiger partial charge in [0.25, 0.3) is 17.7 Å². The Morgan fingerprint density at radius 3 is 2.62 bits per heavy atom. The van der Waals surface area contributed by atoms with Crippen molar-refractivity contribution in [3.8, 4) is 17.1 Å². The summed E-state index contributed by atoms with van der Waals surface area (Å²) in [6.45, 7) is 1.12. The van der Waals surface area contributed by atoms with Crippen LogP contribution < -0.4 is 26.0 Å². The van der Waals surface area contributed by atoms with Crippen molar-refractivity contribution < 1.29 is 42.1 Å². The van der Waals surface area contributed by atoms with E-state index in [4.69, 9.17) is 4.74 Å². The van der Waals surface area contributed by atoms with Gasteiger partial charge < -0.3 is 20.7 Å². The lowest BCUT2D eigenvalue weighted by atomic mass is 10.0. The molecule has 2 aromatic heterocycles. The number of ether oxygens (including phenoxy) is 1. The monoisotopic (exact) mass is 922 g/mol. The first-order valence-corrected chi connectivity index (χ1v) is 23.2. The standard InChI is InChI=1S/C44H47FN12O8S/c1-65-35-23-28(45)13-15-31(35)40-48-26-49-44(52-40)50-29-9-6-8-27(22-29)25-66(2,64)54-38(60)17-14-30-24-56(55-53-30)21-5-3-4-12-36(58)47-20-19-46-33-11-7-10-32-39(33)43(63)57(42(32)62)34-16-18-37(59)51-41(34)61/h6-11,13,15,22-24,26,34,46H,3-5,12,14,16-21,25H2,1-2H3,(H,47,58)(H,51,59,61)(H,48,49,50,52). The minimum atomic E-state index is -2.93. The average molecular weight is 923 g/mol. The maximum atomic E-state index is 13.7. The topological polar surface area (TPSA) is 262 Å². The summed E-state index contributed by atoms with van der Waals surface area (Å²) in [7, 11) is -1.51.